The van der Waals surface area contributed by atoms with E-state index < -0.39 is 0 Å². The Balaban J connectivity index is 1.99. The van der Waals surface area contributed by atoms with Gasteiger partial charge < -0.3 is 16.8 Å². The molecule has 0 aliphatic heterocycles. The van der Waals surface area contributed by atoms with Crippen LogP contribution in [0.15, 0.2) is 18.2 Å². The van der Waals surface area contributed by atoms with Gasteiger partial charge in [-0.05, 0) is 37.3 Å². The third kappa shape index (κ3) is 2.72. The van der Waals surface area contributed by atoms with Gasteiger partial charge in [0.2, 0.25) is 0 Å². The van der Waals surface area contributed by atoms with Gasteiger partial charge in [-0.25, -0.2) is 0 Å². The van der Waals surface area contributed by atoms with Gasteiger partial charge in [0.15, 0.2) is 0 Å². The van der Waals surface area contributed by atoms with E-state index in [4.69, 9.17) is 11.5 Å². The summed E-state index contributed by atoms with van der Waals surface area (Å²) < 4.78 is 0.238. The van der Waals surface area contributed by atoms with E-state index in [0.717, 1.165) is 0 Å². The van der Waals surface area contributed by atoms with Crippen molar-refractivity contribution in [1.82, 2.24) is 5.32 Å². The van der Waals surface area contributed by atoms with Crippen molar-refractivity contribution in [3.63, 3.8) is 0 Å². The third-order valence-electron chi connectivity index (χ3n) is 3.51. The fourth-order valence-corrected chi connectivity index (χ4v) is 3.09. The van der Waals surface area contributed by atoms with Gasteiger partial charge in [0, 0.05) is 28.2 Å². The summed E-state index contributed by atoms with van der Waals surface area (Å²) in [6.45, 7) is 0.710. The summed E-state index contributed by atoms with van der Waals surface area (Å²) >= 11 is 1.84. The molecule has 1 amide bonds. The SMILES string of the molecule is CSC1(CNC(=O)c2cc(N)cc(N)c2)CCC1. The molecule has 0 saturated heterocycles. The second-order valence-corrected chi connectivity index (χ2v) is 6.09. The second-order valence-electron chi connectivity index (χ2n) is 4.81. The number of benzene rings is 1. The van der Waals surface area contributed by atoms with Crippen LogP contribution in [0.2, 0.25) is 0 Å². The molecule has 2 rings (SSSR count). The molecule has 0 bridgehead atoms. The molecule has 4 nitrogen and oxygen atoms in total. The molecule has 1 aromatic carbocycles. The van der Waals surface area contributed by atoms with Crippen LogP contribution >= 0.6 is 11.8 Å². The van der Waals surface area contributed by atoms with E-state index in [1.54, 1.807) is 18.2 Å². The number of nitrogens with two attached hydrogens (primary N) is 2. The lowest BCUT2D eigenvalue weighted by atomic mass is 9.84. The summed E-state index contributed by atoms with van der Waals surface area (Å²) in [6.07, 6.45) is 5.70. The van der Waals surface area contributed by atoms with Crippen molar-refractivity contribution in [3.8, 4) is 0 Å². The number of rotatable bonds is 4. The summed E-state index contributed by atoms with van der Waals surface area (Å²) in [5.74, 6) is -0.102. The Morgan fingerprint density at radius 1 is 1.33 bits per heavy atom. The van der Waals surface area contributed by atoms with E-state index >= 15 is 0 Å². The fourth-order valence-electron chi connectivity index (χ4n) is 2.18. The standard InChI is InChI=1S/C13H19N3OS/c1-18-13(3-2-4-13)8-16-12(17)9-5-10(14)7-11(15)6-9/h5-7H,2-4,8,14-15H2,1H3,(H,16,17). The van der Waals surface area contributed by atoms with Crippen LogP contribution in [0.5, 0.6) is 0 Å². The molecule has 0 unspecified atom stereocenters. The first kappa shape index (κ1) is 13.1. The van der Waals surface area contributed by atoms with Crippen LogP contribution < -0.4 is 16.8 Å². The molecule has 0 atom stereocenters. The molecule has 1 fully saturated rings. The Morgan fingerprint density at radius 3 is 2.39 bits per heavy atom. The summed E-state index contributed by atoms with van der Waals surface area (Å²) in [4.78, 5) is 12.0. The smallest absolute Gasteiger partial charge is 0.251 e. The number of hydrogen-bond donors (Lipinski definition) is 3. The first-order valence-corrected chi connectivity index (χ1v) is 7.26. The largest absolute Gasteiger partial charge is 0.399 e. The monoisotopic (exact) mass is 265 g/mol. The van der Waals surface area contributed by atoms with Gasteiger partial charge in [0.05, 0.1) is 0 Å². The topological polar surface area (TPSA) is 81.1 Å². The molecule has 0 aromatic heterocycles. The number of nitrogens with one attached hydrogen (secondary N) is 1. The molecule has 0 heterocycles. The van der Waals surface area contributed by atoms with Gasteiger partial charge in [0.1, 0.15) is 0 Å². The Labute approximate surface area is 111 Å². The van der Waals surface area contributed by atoms with Crippen LogP contribution in [0.4, 0.5) is 11.4 Å². The number of carbonyl (C=O) groups is 1. The van der Waals surface area contributed by atoms with Crippen molar-refractivity contribution in [3.05, 3.63) is 23.8 Å². The average Bonchev–Trinajstić information content (AvgIpc) is 2.26. The minimum Gasteiger partial charge on any atom is -0.399 e. The highest BCUT2D eigenvalue weighted by molar-refractivity contribution is 8.00. The van der Waals surface area contributed by atoms with Crippen molar-refractivity contribution in [2.24, 2.45) is 0 Å². The summed E-state index contributed by atoms with van der Waals surface area (Å²) in [6, 6.07) is 4.95. The number of nitrogen functional groups attached to an aromatic ring is 2. The zero-order valence-corrected chi connectivity index (χ0v) is 11.3. The highest BCUT2D eigenvalue weighted by Gasteiger charge is 2.36. The van der Waals surface area contributed by atoms with Crippen LogP contribution in [-0.4, -0.2) is 23.5 Å². The zero-order chi connectivity index (χ0) is 13.2. The summed E-state index contributed by atoms with van der Waals surface area (Å²) in [7, 11) is 0. The van der Waals surface area contributed by atoms with Gasteiger partial charge in [-0.1, -0.05) is 6.42 Å². The average molecular weight is 265 g/mol. The lowest BCUT2D eigenvalue weighted by molar-refractivity contribution is 0.0944. The van der Waals surface area contributed by atoms with Gasteiger partial charge >= 0.3 is 0 Å². The minimum atomic E-state index is -0.102. The van der Waals surface area contributed by atoms with Crippen molar-refractivity contribution >= 4 is 29.0 Å². The van der Waals surface area contributed by atoms with E-state index in [9.17, 15) is 4.79 Å². The molecule has 5 heteroatoms. The van der Waals surface area contributed by atoms with E-state index in [1.807, 2.05) is 11.8 Å². The fraction of sp³-hybridized carbons (Fsp3) is 0.462. The Bertz CT molecular complexity index is 432. The maximum atomic E-state index is 12.0. The predicted molar refractivity (Wildman–Crippen MR) is 77.7 cm³/mol. The first-order valence-electron chi connectivity index (χ1n) is 6.04. The van der Waals surface area contributed by atoms with Gasteiger partial charge in [-0.3, -0.25) is 4.79 Å². The highest BCUT2D eigenvalue weighted by Crippen LogP contribution is 2.42. The molecule has 1 saturated carbocycles. The number of anilines is 2. The summed E-state index contributed by atoms with van der Waals surface area (Å²) in [5.41, 5.74) is 12.9. The van der Waals surface area contributed by atoms with Crippen molar-refractivity contribution in [2.75, 3.05) is 24.3 Å². The van der Waals surface area contributed by atoms with E-state index in [2.05, 4.69) is 11.6 Å². The molecule has 1 aliphatic rings. The number of thioether (sulfide) groups is 1. The number of hydrogen-bond acceptors (Lipinski definition) is 4. The normalized spacial score (nSPS) is 16.9. The first-order chi connectivity index (χ1) is 8.54. The van der Waals surface area contributed by atoms with Crippen molar-refractivity contribution < 1.29 is 4.79 Å². The molecular weight excluding hydrogens is 246 g/mol. The molecule has 0 spiro atoms. The van der Waals surface area contributed by atoms with Gasteiger partial charge in [-0.15, -0.1) is 0 Å². The van der Waals surface area contributed by atoms with Gasteiger partial charge in [-0.2, -0.15) is 11.8 Å². The Morgan fingerprint density at radius 2 is 1.94 bits per heavy atom. The lowest BCUT2D eigenvalue weighted by Crippen LogP contribution is -2.45. The van der Waals surface area contributed by atoms with Crippen molar-refractivity contribution in [1.29, 1.82) is 0 Å². The van der Waals surface area contributed by atoms with E-state index in [-0.39, 0.29) is 10.7 Å². The molecule has 5 N–H and O–H groups in total. The molecule has 1 aromatic rings. The Kier molecular flexibility index (Phi) is 3.71. The zero-order valence-electron chi connectivity index (χ0n) is 10.5. The molecule has 1 aliphatic carbocycles. The van der Waals surface area contributed by atoms with Crippen LogP contribution in [0.25, 0.3) is 0 Å². The Hall–Kier alpha value is -1.36. The predicted octanol–water partition coefficient (Wildman–Crippen LogP) is 1.87. The highest BCUT2D eigenvalue weighted by atomic mass is 32.2. The van der Waals surface area contributed by atoms with Crippen LogP contribution in [0, 0.1) is 0 Å². The van der Waals surface area contributed by atoms with Crippen molar-refractivity contribution in [2.45, 2.75) is 24.0 Å². The van der Waals surface area contributed by atoms with Gasteiger partial charge in [0.25, 0.3) is 5.91 Å². The number of carbonyl (C=O) groups excluding carboxylic acids is 1. The summed E-state index contributed by atoms with van der Waals surface area (Å²) in [5, 5.41) is 2.98. The molecular formula is C13H19N3OS. The minimum absolute atomic E-state index is 0.102. The van der Waals surface area contributed by atoms with Crippen LogP contribution in [-0.2, 0) is 0 Å². The maximum Gasteiger partial charge on any atom is 0.251 e. The maximum absolute atomic E-state index is 12.0. The third-order valence-corrected chi connectivity index (χ3v) is 4.93. The molecule has 0 radical (unpaired) electrons. The molecule has 18 heavy (non-hydrogen) atoms. The quantitative estimate of drug-likeness (QED) is 0.726. The van der Waals surface area contributed by atoms with E-state index in [1.165, 1.54) is 19.3 Å². The van der Waals surface area contributed by atoms with Crippen LogP contribution in [0.3, 0.4) is 0 Å². The van der Waals surface area contributed by atoms with E-state index in [0.29, 0.717) is 23.5 Å². The van der Waals surface area contributed by atoms with Crippen LogP contribution in [0.1, 0.15) is 29.6 Å². The molecule has 98 valence electrons. The lowest BCUT2D eigenvalue weighted by Gasteiger charge is -2.40. The second kappa shape index (κ2) is 5.10. The number of amides is 1.